The van der Waals surface area contributed by atoms with E-state index in [1.807, 2.05) is 0 Å². The minimum absolute atomic E-state index is 0.814. The Hall–Kier alpha value is -1.18. The van der Waals surface area contributed by atoms with E-state index in [4.69, 9.17) is 4.74 Å². The van der Waals surface area contributed by atoms with Crippen molar-refractivity contribution in [3.05, 3.63) is 23.8 Å². The molecule has 1 heterocycles. The van der Waals surface area contributed by atoms with E-state index < -0.39 is 0 Å². The first-order chi connectivity index (χ1) is 7.92. The number of fused-ring (bicyclic) bond motifs is 1. The maximum atomic E-state index is 5.85. The Kier molecular flexibility index (Phi) is 2.73. The van der Waals surface area contributed by atoms with E-state index in [2.05, 4.69) is 23.5 Å². The summed E-state index contributed by atoms with van der Waals surface area (Å²) in [5.41, 5.74) is 2.71. The summed E-state index contributed by atoms with van der Waals surface area (Å²) in [7, 11) is 0. The first-order valence-corrected chi connectivity index (χ1v) is 6.41. The van der Waals surface area contributed by atoms with E-state index in [0.717, 1.165) is 24.8 Å². The minimum Gasteiger partial charge on any atom is -0.493 e. The highest BCUT2D eigenvalue weighted by molar-refractivity contribution is 5.55. The Labute approximate surface area is 97.0 Å². The molecule has 3 rings (SSSR count). The van der Waals surface area contributed by atoms with Crippen molar-refractivity contribution in [3.63, 3.8) is 0 Å². The van der Waals surface area contributed by atoms with Gasteiger partial charge in [-0.3, -0.25) is 0 Å². The summed E-state index contributed by atoms with van der Waals surface area (Å²) >= 11 is 0. The smallest absolute Gasteiger partial charge is 0.119 e. The number of aryl methyl sites for hydroxylation is 1. The molecule has 0 amide bonds. The van der Waals surface area contributed by atoms with Crippen LogP contribution in [0.25, 0.3) is 0 Å². The van der Waals surface area contributed by atoms with Crippen molar-refractivity contribution in [2.24, 2.45) is 5.92 Å². The second-order valence-electron chi connectivity index (χ2n) is 4.96. The van der Waals surface area contributed by atoms with Crippen LogP contribution in [-0.4, -0.2) is 13.2 Å². The minimum atomic E-state index is 0.814. The zero-order chi connectivity index (χ0) is 10.8. The molecule has 1 saturated carbocycles. The fourth-order valence-corrected chi connectivity index (χ4v) is 2.41. The van der Waals surface area contributed by atoms with Crippen LogP contribution in [0.3, 0.4) is 0 Å². The van der Waals surface area contributed by atoms with Crippen molar-refractivity contribution in [2.75, 3.05) is 18.5 Å². The maximum absolute atomic E-state index is 5.85. The Bertz CT molecular complexity index is 371. The molecule has 2 heteroatoms. The predicted molar refractivity (Wildman–Crippen MR) is 66.1 cm³/mol. The van der Waals surface area contributed by atoms with E-state index in [-0.39, 0.29) is 0 Å². The lowest BCUT2D eigenvalue weighted by Gasteiger charge is -2.25. The molecule has 16 heavy (non-hydrogen) atoms. The standard InChI is InChI=1S/C14H19NO/c1-3-11(4-1)10-16-13-6-7-14-12(9-13)5-2-8-15-14/h6-7,9,11,15H,1-5,8,10H2. The third-order valence-corrected chi connectivity index (χ3v) is 3.73. The number of hydrogen-bond acceptors (Lipinski definition) is 2. The zero-order valence-corrected chi connectivity index (χ0v) is 9.67. The van der Waals surface area contributed by atoms with Crippen LogP contribution in [0.2, 0.25) is 0 Å². The summed E-state index contributed by atoms with van der Waals surface area (Å²) in [5, 5.41) is 3.42. The van der Waals surface area contributed by atoms with Crippen LogP contribution in [0.4, 0.5) is 5.69 Å². The van der Waals surface area contributed by atoms with E-state index in [1.165, 1.54) is 43.4 Å². The van der Waals surface area contributed by atoms with Gasteiger partial charge in [0.1, 0.15) is 5.75 Å². The molecule has 86 valence electrons. The van der Waals surface area contributed by atoms with Crippen molar-refractivity contribution in [3.8, 4) is 5.75 Å². The van der Waals surface area contributed by atoms with Gasteiger partial charge >= 0.3 is 0 Å². The molecule has 1 aromatic rings. The highest BCUT2D eigenvalue weighted by atomic mass is 16.5. The summed E-state index contributed by atoms with van der Waals surface area (Å²) in [6.07, 6.45) is 6.52. The first kappa shape index (κ1) is 10.0. The van der Waals surface area contributed by atoms with Crippen LogP contribution >= 0.6 is 0 Å². The second kappa shape index (κ2) is 4.36. The molecule has 1 N–H and O–H groups in total. The predicted octanol–water partition coefficient (Wildman–Crippen LogP) is 3.22. The zero-order valence-electron chi connectivity index (χ0n) is 9.67. The van der Waals surface area contributed by atoms with Crippen molar-refractivity contribution in [1.29, 1.82) is 0 Å². The summed E-state index contributed by atoms with van der Waals surface area (Å²) in [6.45, 7) is 2.02. The fraction of sp³-hybridized carbons (Fsp3) is 0.571. The lowest BCUT2D eigenvalue weighted by molar-refractivity contribution is 0.180. The van der Waals surface area contributed by atoms with Crippen LogP contribution in [0.5, 0.6) is 5.75 Å². The van der Waals surface area contributed by atoms with Crippen LogP contribution in [0, 0.1) is 5.92 Å². The lowest BCUT2D eigenvalue weighted by atomic mass is 9.86. The summed E-state index contributed by atoms with van der Waals surface area (Å²) in [6, 6.07) is 6.46. The molecule has 0 saturated heterocycles. The van der Waals surface area contributed by atoms with E-state index in [0.29, 0.717) is 0 Å². The highest BCUT2D eigenvalue weighted by Crippen LogP contribution is 2.29. The molecule has 0 spiro atoms. The molecule has 1 aliphatic carbocycles. The maximum Gasteiger partial charge on any atom is 0.119 e. The van der Waals surface area contributed by atoms with Crippen molar-refractivity contribution in [2.45, 2.75) is 32.1 Å². The third kappa shape index (κ3) is 2.01. The molecular weight excluding hydrogens is 198 g/mol. The molecule has 1 fully saturated rings. The topological polar surface area (TPSA) is 21.3 Å². The Morgan fingerprint density at radius 1 is 1.25 bits per heavy atom. The molecule has 0 unspecified atom stereocenters. The average Bonchev–Trinajstić information content (AvgIpc) is 2.27. The quantitative estimate of drug-likeness (QED) is 0.839. The number of ether oxygens (including phenoxy) is 1. The molecule has 0 radical (unpaired) electrons. The van der Waals surface area contributed by atoms with Crippen LogP contribution < -0.4 is 10.1 Å². The van der Waals surface area contributed by atoms with Gasteiger partial charge in [0.25, 0.3) is 0 Å². The van der Waals surface area contributed by atoms with Crippen LogP contribution in [0.1, 0.15) is 31.2 Å². The Morgan fingerprint density at radius 3 is 3.00 bits per heavy atom. The van der Waals surface area contributed by atoms with Gasteiger partial charge in [-0.05, 0) is 55.4 Å². The first-order valence-electron chi connectivity index (χ1n) is 6.41. The number of nitrogens with one attached hydrogen (secondary N) is 1. The number of anilines is 1. The molecule has 1 aromatic carbocycles. The van der Waals surface area contributed by atoms with Gasteiger partial charge < -0.3 is 10.1 Å². The van der Waals surface area contributed by atoms with E-state index in [9.17, 15) is 0 Å². The fourth-order valence-electron chi connectivity index (χ4n) is 2.41. The van der Waals surface area contributed by atoms with Gasteiger partial charge in [0.05, 0.1) is 6.61 Å². The third-order valence-electron chi connectivity index (χ3n) is 3.73. The molecule has 0 aromatic heterocycles. The van der Waals surface area contributed by atoms with Crippen LogP contribution in [-0.2, 0) is 6.42 Å². The molecular formula is C14H19NO. The summed E-state index contributed by atoms with van der Waals surface area (Å²) in [4.78, 5) is 0. The number of rotatable bonds is 3. The normalized spacial score (nSPS) is 19.5. The summed E-state index contributed by atoms with van der Waals surface area (Å²) in [5.74, 6) is 1.86. The van der Waals surface area contributed by atoms with Gasteiger partial charge in [-0.25, -0.2) is 0 Å². The van der Waals surface area contributed by atoms with Crippen molar-refractivity contribution in [1.82, 2.24) is 0 Å². The van der Waals surface area contributed by atoms with Gasteiger partial charge in [-0.15, -0.1) is 0 Å². The molecule has 2 nitrogen and oxygen atoms in total. The number of hydrogen-bond donors (Lipinski definition) is 1. The van der Waals surface area contributed by atoms with Crippen molar-refractivity contribution >= 4 is 5.69 Å². The van der Waals surface area contributed by atoms with Gasteiger partial charge in [0.2, 0.25) is 0 Å². The SMILES string of the molecule is c1cc2c(cc1OCC1CCC1)CCCN2. The molecule has 1 aliphatic heterocycles. The average molecular weight is 217 g/mol. The lowest BCUT2D eigenvalue weighted by Crippen LogP contribution is -2.19. The Balaban J connectivity index is 1.65. The van der Waals surface area contributed by atoms with E-state index >= 15 is 0 Å². The number of benzene rings is 1. The second-order valence-corrected chi connectivity index (χ2v) is 4.96. The largest absolute Gasteiger partial charge is 0.493 e. The van der Waals surface area contributed by atoms with E-state index in [1.54, 1.807) is 0 Å². The van der Waals surface area contributed by atoms with Gasteiger partial charge in [-0.1, -0.05) is 6.42 Å². The van der Waals surface area contributed by atoms with Gasteiger partial charge in [0, 0.05) is 12.2 Å². The molecule has 0 bridgehead atoms. The Morgan fingerprint density at radius 2 is 2.19 bits per heavy atom. The van der Waals surface area contributed by atoms with Crippen LogP contribution in [0.15, 0.2) is 18.2 Å². The highest BCUT2D eigenvalue weighted by Gasteiger charge is 2.18. The van der Waals surface area contributed by atoms with Gasteiger partial charge in [-0.2, -0.15) is 0 Å². The van der Waals surface area contributed by atoms with Crippen molar-refractivity contribution < 1.29 is 4.74 Å². The monoisotopic (exact) mass is 217 g/mol. The molecule has 2 aliphatic rings. The molecule has 0 atom stereocenters. The summed E-state index contributed by atoms with van der Waals surface area (Å²) < 4.78 is 5.85. The van der Waals surface area contributed by atoms with Gasteiger partial charge in [0.15, 0.2) is 0 Å².